The van der Waals surface area contributed by atoms with Gasteiger partial charge in [-0.15, -0.1) is 0 Å². The second-order valence-electron chi connectivity index (χ2n) is 2.16. The quantitative estimate of drug-likeness (QED) is 0.537. The molecule has 1 nitrogen and oxygen atoms in total. The second-order valence-corrected chi connectivity index (χ2v) is 2.16. The third-order valence-electron chi connectivity index (χ3n) is 1.46. The van der Waals surface area contributed by atoms with Crippen LogP contribution in [0.15, 0.2) is 0 Å². The maximum Gasteiger partial charge on any atom is 0.394 e. The zero-order valence-corrected chi connectivity index (χ0v) is 4.90. The van der Waals surface area contributed by atoms with Crippen LogP contribution in [0.2, 0.25) is 0 Å². The Labute approximate surface area is 50.8 Å². The molecule has 0 saturated heterocycles. The Kier molecular flexibility index (Phi) is 1.42. The van der Waals surface area contributed by atoms with Crippen LogP contribution in [0.25, 0.3) is 0 Å². The lowest BCUT2D eigenvalue weighted by Gasteiger charge is -2.02. The highest BCUT2D eigenvalue weighted by atomic mass is 19.4. The summed E-state index contributed by atoms with van der Waals surface area (Å²) in [7, 11) is 1.30. The fourth-order valence-corrected chi connectivity index (χ4v) is 0.777. The maximum absolute atomic E-state index is 11.6. The van der Waals surface area contributed by atoms with E-state index in [4.69, 9.17) is 0 Å². The van der Waals surface area contributed by atoms with Gasteiger partial charge in [-0.2, -0.15) is 13.2 Å². The summed E-state index contributed by atoms with van der Waals surface area (Å²) in [5.74, 6) is -1.19. The van der Waals surface area contributed by atoms with Crippen molar-refractivity contribution in [1.29, 1.82) is 0 Å². The van der Waals surface area contributed by atoms with Gasteiger partial charge in [0.25, 0.3) is 0 Å². The van der Waals surface area contributed by atoms with Crippen LogP contribution < -0.4 is 0 Å². The Morgan fingerprint density at radius 1 is 1.44 bits per heavy atom. The van der Waals surface area contributed by atoms with Crippen molar-refractivity contribution in [2.45, 2.75) is 18.7 Å². The highest BCUT2D eigenvalue weighted by Crippen LogP contribution is 2.46. The molecule has 4 heteroatoms. The lowest BCUT2D eigenvalue weighted by atomic mass is 10.4. The van der Waals surface area contributed by atoms with Gasteiger partial charge in [0.05, 0.1) is 12.0 Å². The van der Waals surface area contributed by atoms with Gasteiger partial charge in [-0.1, -0.05) is 0 Å². The normalized spacial score (nSPS) is 34.7. The lowest BCUT2D eigenvalue weighted by Crippen LogP contribution is -2.13. The van der Waals surface area contributed by atoms with Gasteiger partial charge < -0.3 is 4.74 Å². The zero-order chi connectivity index (χ0) is 7.07. The molecule has 2 unspecified atom stereocenters. The molecule has 1 fully saturated rings. The van der Waals surface area contributed by atoms with E-state index in [0.29, 0.717) is 0 Å². The van der Waals surface area contributed by atoms with Crippen LogP contribution in [0.1, 0.15) is 6.42 Å². The minimum Gasteiger partial charge on any atom is -0.381 e. The predicted molar refractivity (Wildman–Crippen MR) is 25.0 cm³/mol. The van der Waals surface area contributed by atoms with Crippen molar-refractivity contribution in [2.75, 3.05) is 7.11 Å². The molecule has 1 aliphatic carbocycles. The van der Waals surface area contributed by atoms with Gasteiger partial charge in [-0.25, -0.2) is 0 Å². The van der Waals surface area contributed by atoms with E-state index in [0.717, 1.165) is 0 Å². The smallest absolute Gasteiger partial charge is 0.381 e. The molecular weight excluding hydrogens is 133 g/mol. The van der Waals surface area contributed by atoms with Gasteiger partial charge >= 0.3 is 6.18 Å². The molecule has 2 atom stereocenters. The third kappa shape index (κ3) is 1.36. The Morgan fingerprint density at radius 3 is 2.11 bits per heavy atom. The van der Waals surface area contributed by atoms with Gasteiger partial charge in [-0.05, 0) is 6.42 Å². The zero-order valence-electron chi connectivity index (χ0n) is 4.90. The van der Waals surface area contributed by atoms with Crippen LogP contribution in [0.3, 0.4) is 0 Å². The Hall–Kier alpha value is -0.250. The van der Waals surface area contributed by atoms with Crippen molar-refractivity contribution in [1.82, 2.24) is 0 Å². The predicted octanol–water partition coefficient (Wildman–Crippen LogP) is 1.58. The lowest BCUT2D eigenvalue weighted by molar-refractivity contribution is -0.155. The number of halogens is 3. The SMILES string of the molecule is COC1CC1C(F)(F)F. The van der Waals surface area contributed by atoms with Crippen LogP contribution in [0.4, 0.5) is 13.2 Å². The van der Waals surface area contributed by atoms with Crippen molar-refractivity contribution in [3.8, 4) is 0 Å². The molecule has 0 aliphatic heterocycles. The van der Waals surface area contributed by atoms with Crippen molar-refractivity contribution in [3.63, 3.8) is 0 Å². The summed E-state index contributed by atoms with van der Waals surface area (Å²) in [6.07, 6.45) is -4.47. The summed E-state index contributed by atoms with van der Waals surface area (Å²) >= 11 is 0. The molecular formula is C5H7F3O. The highest BCUT2D eigenvalue weighted by molar-refractivity contribution is 4.92. The van der Waals surface area contributed by atoms with Crippen LogP contribution in [-0.4, -0.2) is 19.4 Å². The number of alkyl halides is 3. The van der Waals surface area contributed by atoms with Gasteiger partial charge in [0.2, 0.25) is 0 Å². The van der Waals surface area contributed by atoms with Crippen LogP contribution in [-0.2, 0) is 4.74 Å². The van der Waals surface area contributed by atoms with Gasteiger partial charge in [0, 0.05) is 7.11 Å². The van der Waals surface area contributed by atoms with E-state index in [-0.39, 0.29) is 6.42 Å². The number of ether oxygens (including phenoxy) is 1. The van der Waals surface area contributed by atoms with E-state index in [1.54, 1.807) is 0 Å². The fourth-order valence-electron chi connectivity index (χ4n) is 0.777. The molecule has 0 radical (unpaired) electrons. The number of methoxy groups -OCH3 is 1. The Balaban J connectivity index is 2.33. The van der Waals surface area contributed by atoms with E-state index >= 15 is 0 Å². The Bertz CT molecular complexity index is 109. The first kappa shape index (κ1) is 6.86. The van der Waals surface area contributed by atoms with Crippen molar-refractivity contribution < 1.29 is 17.9 Å². The van der Waals surface area contributed by atoms with E-state index in [1.165, 1.54) is 7.11 Å². The third-order valence-corrected chi connectivity index (χ3v) is 1.46. The highest BCUT2D eigenvalue weighted by Gasteiger charge is 2.56. The molecule has 0 amide bonds. The largest absolute Gasteiger partial charge is 0.394 e. The summed E-state index contributed by atoms with van der Waals surface area (Å²) in [5, 5.41) is 0. The number of rotatable bonds is 1. The van der Waals surface area contributed by atoms with E-state index < -0.39 is 18.2 Å². The van der Waals surface area contributed by atoms with Crippen LogP contribution >= 0.6 is 0 Å². The molecule has 1 rings (SSSR count). The minimum absolute atomic E-state index is 0.139. The first-order valence-electron chi connectivity index (χ1n) is 2.65. The summed E-state index contributed by atoms with van der Waals surface area (Å²) in [6.45, 7) is 0. The van der Waals surface area contributed by atoms with Crippen LogP contribution in [0.5, 0.6) is 0 Å². The van der Waals surface area contributed by atoms with Gasteiger partial charge in [0.15, 0.2) is 0 Å². The van der Waals surface area contributed by atoms with Crippen LogP contribution in [0, 0.1) is 5.92 Å². The van der Waals surface area contributed by atoms with Crippen molar-refractivity contribution in [3.05, 3.63) is 0 Å². The molecule has 1 saturated carbocycles. The average molecular weight is 140 g/mol. The van der Waals surface area contributed by atoms with Crippen molar-refractivity contribution >= 4 is 0 Å². The topological polar surface area (TPSA) is 9.23 Å². The minimum atomic E-state index is -4.04. The van der Waals surface area contributed by atoms with Gasteiger partial charge in [-0.3, -0.25) is 0 Å². The molecule has 1 aliphatic rings. The maximum atomic E-state index is 11.6. The summed E-state index contributed by atoms with van der Waals surface area (Å²) in [4.78, 5) is 0. The molecule has 0 bridgehead atoms. The monoisotopic (exact) mass is 140 g/mol. The first-order chi connectivity index (χ1) is 4.05. The number of hydrogen-bond donors (Lipinski definition) is 0. The molecule has 0 spiro atoms. The molecule has 0 heterocycles. The first-order valence-corrected chi connectivity index (χ1v) is 2.65. The summed E-state index contributed by atoms with van der Waals surface area (Å²) < 4.78 is 39.3. The van der Waals surface area contributed by atoms with Gasteiger partial charge in [0.1, 0.15) is 0 Å². The standard InChI is InChI=1S/C5H7F3O/c1-9-4-2-3(4)5(6,7)8/h3-4H,2H2,1H3. The average Bonchev–Trinajstić information content (AvgIpc) is 2.39. The summed E-state index contributed by atoms with van der Waals surface area (Å²) in [5.41, 5.74) is 0. The van der Waals surface area contributed by atoms with Crippen molar-refractivity contribution in [2.24, 2.45) is 5.92 Å². The van der Waals surface area contributed by atoms with E-state index in [9.17, 15) is 13.2 Å². The molecule has 0 aromatic heterocycles. The second kappa shape index (κ2) is 1.87. The molecule has 54 valence electrons. The number of hydrogen-bond acceptors (Lipinski definition) is 1. The van der Waals surface area contributed by atoms with E-state index in [2.05, 4.69) is 4.74 Å². The summed E-state index contributed by atoms with van der Waals surface area (Å²) in [6, 6.07) is 0. The molecule has 9 heavy (non-hydrogen) atoms. The fraction of sp³-hybridized carbons (Fsp3) is 1.00. The molecule has 0 aromatic carbocycles. The molecule has 0 N–H and O–H groups in total. The Morgan fingerprint density at radius 2 is 2.00 bits per heavy atom. The van der Waals surface area contributed by atoms with E-state index in [1.807, 2.05) is 0 Å². The molecule has 0 aromatic rings.